The van der Waals surface area contributed by atoms with Gasteiger partial charge in [-0.25, -0.2) is 4.79 Å². The average molecular weight is 404 g/mol. The van der Waals surface area contributed by atoms with Gasteiger partial charge in [0.2, 0.25) is 6.29 Å². The molecule has 1 aliphatic heterocycles. The molecule has 0 radical (unpaired) electrons. The van der Waals surface area contributed by atoms with Crippen LogP contribution in [0.1, 0.15) is 90.9 Å². The van der Waals surface area contributed by atoms with Gasteiger partial charge < -0.3 is 30.1 Å². The monoisotopic (exact) mass is 403 g/mol. The molecule has 1 heterocycles. The van der Waals surface area contributed by atoms with Crippen molar-refractivity contribution in [2.45, 2.75) is 122 Å². The summed E-state index contributed by atoms with van der Waals surface area (Å²) in [5, 5.41) is 31.8. The highest BCUT2D eigenvalue weighted by Crippen LogP contribution is 2.21. The Balaban J connectivity index is 1.95. The van der Waals surface area contributed by atoms with E-state index in [0.29, 0.717) is 6.54 Å². The molecule has 2 unspecified atom stereocenters. The molecule has 0 saturated carbocycles. The number of hydrogen-bond acceptors (Lipinski definition) is 6. The summed E-state index contributed by atoms with van der Waals surface area (Å²) in [4.78, 5) is 11.8. The van der Waals surface area contributed by atoms with E-state index in [9.17, 15) is 20.1 Å². The number of aliphatic hydroxyl groups excluding tert-OH is 3. The number of unbranched alkanes of at least 4 members (excludes halogenated alkanes) is 11. The zero-order chi connectivity index (χ0) is 20.8. The Morgan fingerprint density at radius 2 is 1.32 bits per heavy atom. The van der Waals surface area contributed by atoms with E-state index < -0.39 is 36.8 Å². The fourth-order valence-electron chi connectivity index (χ4n) is 3.41. The lowest BCUT2D eigenvalue weighted by molar-refractivity contribution is -0.275. The maximum atomic E-state index is 11.8. The minimum absolute atomic E-state index is 0.500. The molecule has 7 heteroatoms. The Kier molecular flexibility index (Phi) is 13.5. The number of carbonyl (C=O) groups is 1. The van der Waals surface area contributed by atoms with Crippen molar-refractivity contribution in [3.8, 4) is 0 Å². The molecule has 28 heavy (non-hydrogen) atoms. The maximum absolute atomic E-state index is 11.8. The Hall–Kier alpha value is -0.890. The van der Waals surface area contributed by atoms with Gasteiger partial charge in [0.1, 0.15) is 18.3 Å². The van der Waals surface area contributed by atoms with Crippen LogP contribution in [0.3, 0.4) is 0 Å². The fraction of sp³-hybridized carbons (Fsp3) is 0.952. The Morgan fingerprint density at radius 3 is 1.86 bits per heavy atom. The van der Waals surface area contributed by atoms with Gasteiger partial charge >= 0.3 is 6.09 Å². The molecule has 0 aliphatic carbocycles. The van der Waals surface area contributed by atoms with E-state index in [0.717, 1.165) is 12.8 Å². The van der Waals surface area contributed by atoms with E-state index in [1.165, 1.54) is 64.2 Å². The second kappa shape index (κ2) is 15.0. The lowest BCUT2D eigenvalue weighted by atomic mass is 10.0. The molecule has 5 atom stereocenters. The first-order valence-electron chi connectivity index (χ1n) is 11.1. The van der Waals surface area contributed by atoms with Crippen LogP contribution in [0.4, 0.5) is 4.79 Å². The zero-order valence-electron chi connectivity index (χ0n) is 17.6. The Labute approximate surface area is 169 Å². The van der Waals surface area contributed by atoms with Crippen molar-refractivity contribution in [2.24, 2.45) is 0 Å². The number of nitrogens with one attached hydrogen (secondary N) is 1. The van der Waals surface area contributed by atoms with Gasteiger partial charge in [-0.3, -0.25) is 0 Å². The van der Waals surface area contributed by atoms with Crippen LogP contribution in [0.15, 0.2) is 0 Å². The number of carbonyl (C=O) groups excluding carboxylic acids is 1. The number of alkyl carbamates (subject to hydrolysis) is 1. The van der Waals surface area contributed by atoms with Crippen LogP contribution in [0.5, 0.6) is 0 Å². The number of amides is 1. The van der Waals surface area contributed by atoms with Gasteiger partial charge in [-0.2, -0.15) is 0 Å². The van der Waals surface area contributed by atoms with Crippen LogP contribution in [-0.2, 0) is 9.47 Å². The molecular weight excluding hydrogens is 362 g/mol. The number of ether oxygens (including phenoxy) is 2. The van der Waals surface area contributed by atoms with Crippen LogP contribution >= 0.6 is 0 Å². The molecule has 0 aromatic heterocycles. The van der Waals surface area contributed by atoms with Crippen molar-refractivity contribution in [2.75, 3.05) is 6.54 Å². The predicted octanol–water partition coefficient (Wildman–Crippen LogP) is 3.24. The Morgan fingerprint density at radius 1 is 0.821 bits per heavy atom. The van der Waals surface area contributed by atoms with Gasteiger partial charge in [-0.05, 0) is 13.3 Å². The van der Waals surface area contributed by atoms with Crippen molar-refractivity contribution in [3.63, 3.8) is 0 Å². The largest absolute Gasteiger partial charge is 0.417 e. The van der Waals surface area contributed by atoms with Crippen molar-refractivity contribution in [1.82, 2.24) is 5.32 Å². The minimum atomic E-state index is -1.47. The third-order valence-corrected chi connectivity index (χ3v) is 5.33. The van der Waals surface area contributed by atoms with Crippen LogP contribution < -0.4 is 5.32 Å². The summed E-state index contributed by atoms with van der Waals surface area (Å²) < 4.78 is 10.2. The number of hydrogen-bond donors (Lipinski definition) is 4. The van der Waals surface area contributed by atoms with Crippen molar-refractivity contribution >= 4 is 6.09 Å². The molecule has 1 aliphatic rings. The third kappa shape index (κ3) is 10.0. The first-order valence-corrected chi connectivity index (χ1v) is 11.1. The van der Waals surface area contributed by atoms with E-state index in [2.05, 4.69) is 12.2 Å². The SMILES string of the molecule is CCCCCCCCCCCCCCNC(=O)OC1O[C@@H](C)C(O)[C@@H](O)[C@H]1O. The molecule has 1 fully saturated rings. The molecule has 4 N–H and O–H groups in total. The molecule has 0 spiro atoms. The summed E-state index contributed by atoms with van der Waals surface area (Å²) in [6, 6.07) is 0. The van der Waals surface area contributed by atoms with E-state index >= 15 is 0 Å². The van der Waals surface area contributed by atoms with Crippen LogP contribution in [0.25, 0.3) is 0 Å². The van der Waals surface area contributed by atoms with Gasteiger partial charge in [0.05, 0.1) is 6.10 Å². The average Bonchev–Trinajstić information content (AvgIpc) is 2.68. The molecule has 166 valence electrons. The minimum Gasteiger partial charge on any atom is -0.417 e. The maximum Gasteiger partial charge on any atom is 0.409 e. The molecule has 1 saturated heterocycles. The van der Waals surface area contributed by atoms with Crippen molar-refractivity contribution in [3.05, 3.63) is 0 Å². The van der Waals surface area contributed by atoms with Gasteiger partial charge in [0, 0.05) is 6.54 Å². The number of rotatable bonds is 14. The molecule has 0 bridgehead atoms. The van der Waals surface area contributed by atoms with Crippen LogP contribution in [-0.4, -0.2) is 58.7 Å². The summed E-state index contributed by atoms with van der Waals surface area (Å²) in [6.45, 7) is 4.28. The zero-order valence-corrected chi connectivity index (χ0v) is 17.6. The first-order chi connectivity index (χ1) is 13.5. The molecule has 0 aromatic carbocycles. The third-order valence-electron chi connectivity index (χ3n) is 5.33. The van der Waals surface area contributed by atoms with Gasteiger partial charge in [0.15, 0.2) is 0 Å². The van der Waals surface area contributed by atoms with Gasteiger partial charge in [-0.15, -0.1) is 0 Å². The highest BCUT2D eigenvalue weighted by molar-refractivity contribution is 5.67. The van der Waals surface area contributed by atoms with E-state index in [-0.39, 0.29) is 0 Å². The first kappa shape index (κ1) is 25.1. The van der Waals surface area contributed by atoms with Crippen LogP contribution in [0, 0.1) is 0 Å². The molecular formula is C21H41NO6. The topological polar surface area (TPSA) is 108 Å². The second-order valence-electron chi connectivity index (χ2n) is 7.90. The predicted molar refractivity (Wildman–Crippen MR) is 108 cm³/mol. The summed E-state index contributed by atoms with van der Waals surface area (Å²) in [5.74, 6) is 0. The molecule has 1 amide bonds. The van der Waals surface area contributed by atoms with Crippen molar-refractivity contribution in [1.29, 1.82) is 0 Å². The fourth-order valence-corrected chi connectivity index (χ4v) is 3.41. The molecule has 0 aromatic rings. The number of aliphatic hydroxyl groups is 3. The highest BCUT2D eigenvalue weighted by Gasteiger charge is 2.43. The summed E-state index contributed by atoms with van der Waals surface area (Å²) in [5.41, 5.74) is 0. The Bertz CT molecular complexity index is 408. The second-order valence-corrected chi connectivity index (χ2v) is 7.90. The summed E-state index contributed by atoms with van der Waals surface area (Å²) >= 11 is 0. The van der Waals surface area contributed by atoms with E-state index in [1.807, 2.05) is 0 Å². The van der Waals surface area contributed by atoms with E-state index in [4.69, 9.17) is 9.47 Å². The summed E-state index contributed by atoms with van der Waals surface area (Å²) in [6.07, 6.45) is 8.26. The highest BCUT2D eigenvalue weighted by atomic mass is 16.7. The standard InChI is InChI=1S/C21H41NO6/c1-3-4-5-6-7-8-9-10-11-12-13-14-15-22-21(26)28-20-19(25)18(24)17(23)16(2)27-20/h16-20,23-25H,3-15H2,1-2H3,(H,22,26)/t16-,17?,18+,19+,20?/m0/s1. The lowest BCUT2D eigenvalue weighted by Crippen LogP contribution is -2.58. The molecule has 1 rings (SSSR count). The van der Waals surface area contributed by atoms with Crippen LogP contribution in [0.2, 0.25) is 0 Å². The normalized spacial score (nSPS) is 27.5. The van der Waals surface area contributed by atoms with Gasteiger partial charge in [-0.1, -0.05) is 77.6 Å². The van der Waals surface area contributed by atoms with E-state index in [1.54, 1.807) is 6.92 Å². The quantitative estimate of drug-likeness (QED) is 0.332. The van der Waals surface area contributed by atoms with Crippen molar-refractivity contribution < 1.29 is 29.6 Å². The van der Waals surface area contributed by atoms with Gasteiger partial charge in [0.25, 0.3) is 0 Å². The summed E-state index contributed by atoms with van der Waals surface area (Å²) in [7, 11) is 0. The smallest absolute Gasteiger partial charge is 0.409 e. The lowest BCUT2D eigenvalue weighted by Gasteiger charge is -2.38. The molecule has 7 nitrogen and oxygen atoms in total.